The van der Waals surface area contributed by atoms with Gasteiger partial charge in [-0.05, 0) is 32.7 Å². The molecule has 0 radical (unpaired) electrons. The number of carbonyl (C=O) groups is 1. The van der Waals surface area contributed by atoms with Crippen LogP contribution < -0.4 is 5.32 Å². The van der Waals surface area contributed by atoms with Gasteiger partial charge >= 0.3 is 0 Å². The normalized spacial score (nSPS) is 24.7. The number of nitrogens with one attached hydrogen (secondary N) is 1. The van der Waals surface area contributed by atoms with Crippen LogP contribution in [0.25, 0.3) is 0 Å². The van der Waals surface area contributed by atoms with Crippen LogP contribution in [0.15, 0.2) is 0 Å². The minimum atomic E-state index is -0.0565. The van der Waals surface area contributed by atoms with Crippen molar-refractivity contribution in [1.82, 2.24) is 10.2 Å². The quantitative estimate of drug-likeness (QED) is 0.763. The molecule has 3 heteroatoms. The Balaban J connectivity index is 2.06. The summed E-state index contributed by atoms with van der Waals surface area (Å²) in [6.45, 7) is 2.84. The topological polar surface area (TPSA) is 32.3 Å². The third-order valence-electron chi connectivity index (χ3n) is 3.92. The van der Waals surface area contributed by atoms with Gasteiger partial charge in [0.05, 0.1) is 5.41 Å². The molecule has 3 nitrogen and oxygen atoms in total. The van der Waals surface area contributed by atoms with Crippen molar-refractivity contribution in [1.29, 1.82) is 0 Å². The Kier molecular flexibility index (Phi) is 3.29. The lowest BCUT2D eigenvalue weighted by Crippen LogP contribution is -2.46. The van der Waals surface area contributed by atoms with Crippen LogP contribution in [0.3, 0.4) is 0 Å². The van der Waals surface area contributed by atoms with E-state index in [1.165, 1.54) is 25.7 Å². The molecule has 86 valence electrons. The fourth-order valence-corrected chi connectivity index (χ4v) is 3.11. The van der Waals surface area contributed by atoms with E-state index in [4.69, 9.17) is 0 Å². The largest absolute Gasteiger partial charge is 0.342 e. The molecule has 1 aliphatic carbocycles. The Morgan fingerprint density at radius 1 is 1.20 bits per heavy atom. The second kappa shape index (κ2) is 4.52. The summed E-state index contributed by atoms with van der Waals surface area (Å²) >= 11 is 0. The molecule has 1 heterocycles. The molecule has 2 aliphatic rings. The highest BCUT2D eigenvalue weighted by molar-refractivity contribution is 5.83. The van der Waals surface area contributed by atoms with Gasteiger partial charge in [0.25, 0.3) is 0 Å². The molecule has 1 N–H and O–H groups in total. The van der Waals surface area contributed by atoms with Gasteiger partial charge in [0.2, 0.25) is 5.91 Å². The first kappa shape index (κ1) is 10.9. The summed E-state index contributed by atoms with van der Waals surface area (Å²) in [7, 11) is 1.96. The highest BCUT2D eigenvalue weighted by atomic mass is 16.2. The molecule has 0 atom stereocenters. The summed E-state index contributed by atoms with van der Waals surface area (Å²) in [5, 5.41) is 3.21. The molecule has 1 saturated carbocycles. The standard InChI is InChI=1S/C12H22N2O/c1-13-10-12(6-2-3-7-12)11(15)14-8-4-5-9-14/h13H,2-10H2,1H3. The van der Waals surface area contributed by atoms with Crippen LogP contribution in [0.2, 0.25) is 0 Å². The first-order valence-corrected chi connectivity index (χ1v) is 6.22. The van der Waals surface area contributed by atoms with Crippen molar-refractivity contribution in [3.63, 3.8) is 0 Å². The van der Waals surface area contributed by atoms with Gasteiger partial charge in [-0.3, -0.25) is 4.79 Å². The summed E-state index contributed by atoms with van der Waals surface area (Å²) in [6, 6.07) is 0. The van der Waals surface area contributed by atoms with Crippen LogP contribution in [0.4, 0.5) is 0 Å². The zero-order valence-corrected chi connectivity index (χ0v) is 9.72. The maximum Gasteiger partial charge on any atom is 0.230 e. The molecular formula is C12H22N2O. The number of rotatable bonds is 3. The summed E-state index contributed by atoms with van der Waals surface area (Å²) < 4.78 is 0. The van der Waals surface area contributed by atoms with Crippen LogP contribution in [0.1, 0.15) is 38.5 Å². The number of amides is 1. The van der Waals surface area contributed by atoms with E-state index in [0.29, 0.717) is 5.91 Å². The molecule has 1 amide bonds. The van der Waals surface area contributed by atoms with E-state index in [-0.39, 0.29) is 5.41 Å². The van der Waals surface area contributed by atoms with Gasteiger partial charge in [-0.25, -0.2) is 0 Å². The average Bonchev–Trinajstić information content (AvgIpc) is 2.88. The summed E-state index contributed by atoms with van der Waals surface area (Å²) in [6.07, 6.45) is 7.01. The van der Waals surface area contributed by atoms with Crippen LogP contribution in [-0.4, -0.2) is 37.5 Å². The van der Waals surface area contributed by atoms with E-state index >= 15 is 0 Å². The van der Waals surface area contributed by atoms with Crippen LogP contribution in [0, 0.1) is 5.41 Å². The second-order valence-corrected chi connectivity index (χ2v) is 5.02. The number of carbonyl (C=O) groups excluding carboxylic acids is 1. The predicted molar refractivity (Wildman–Crippen MR) is 60.6 cm³/mol. The summed E-state index contributed by atoms with van der Waals surface area (Å²) in [5.41, 5.74) is -0.0565. The molecule has 1 saturated heterocycles. The SMILES string of the molecule is CNCC1(C(=O)N2CCCC2)CCCC1. The molecule has 2 fully saturated rings. The Hall–Kier alpha value is -0.570. The first-order valence-electron chi connectivity index (χ1n) is 6.22. The van der Waals surface area contributed by atoms with Crippen molar-refractivity contribution in [3.05, 3.63) is 0 Å². The van der Waals surface area contributed by atoms with E-state index in [1.807, 2.05) is 7.05 Å². The van der Waals surface area contributed by atoms with Crippen molar-refractivity contribution in [2.45, 2.75) is 38.5 Å². The van der Waals surface area contributed by atoms with Gasteiger partial charge in [0.1, 0.15) is 0 Å². The van der Waals surface area contributed by atoms with Gasteiger partial charge in [0, 0.05) is 19.6 Å². The van der Waals surface area contributed by atoms with Gasteiger partial charge < -0.3 is 10.2 Å². The molecular weight excluding hydrogens is 188 g/mol. The third kappa shape index (κ3) is 2.03. The minimum absolute atomic E-state index is 0.0565. The fourth-order valence-electron chi connectivity index (χ4n) is 3.11. The molecule has 2 rings (SSSR count). The number of hydrogen-bond acceptors (Lipinski definition) is 2. The third-order valence-corrected chi connectivity index (χ3v) is 3.92. The Morgan fingerprint density at radius 2 is 1.80 bits per heavy atom. The van der Waals surface area contributed by atoms with Crippen molar-refractivity contribution < 1.29 is 4.79 Å². The summed E-state index contributed by atoms with van der Waals surface area (Å²) in [4.78, 5) is 14.5. The maximum absolute atomic E-state index is 12.4. The minimum Gasteiger partial charge on any atom is -0.342 e. The van der Waals surface area contributed by atoms with Gasteiger partial charge in [0.15, 0.2) is 0 Å². The average molecular weight is 210 g/mol. The van der Waals surface area contributed by atoms with E-state index in [1.54, 1.807) is 0 Å². The lowest BCUT2D eigenvalue weighted by molar-refractivity contribution is -0.140. The van der Waals surface area contributed by atoms with Crippen LogP contribution in [0.5, 0.6) is 0 Å². The lowest BCUT2D eigenvalue weighted by atomic mass is 9.84. The van der Waals surface area contributed by atoms with Crippen molar-refractivity contribution >= 4 is 5.91 Å². The van der Waals surface area contributed by atoms with Crippen molar-refractivity contribution in [3.8, 4) is 0 Å². The first-order chi connectivity index (χ1) is 7.28. The van der Waals surface area contributed by atoms with E-state index < -0.39 is 0 Å². The zero-order chi connectivity index (χ0) is 10.7. The molecule has 0 bridgehead atoms. The highest BCUT2D eigenvalue weighted by Crippen LogP contribution is 2.39. The number of nitrogens with zero attached hydrogens (tertiary/aromatic N) is 1. The Labute approximate surface area is 92.2 Å². The number of hydrogen-bond donors (Lipinski definition) is 1. The molecule has 0 spiro atoms. The molecule has 0 unspecified atom stereocenters. The monoisotopic (exact) mass is 210 g/mol. The van der Waals surface area contributed by atoms with Gasteiger partial charge in [-0.1, -0.05) is 12.8 Å². The van der Waals surface area contributed by atoms with Crippen LogP contribution >= 0.6 is 0 Å². The Bertz CT molecular complexity index is 228. The molecule has 0 aromatic heterocycles. The lowest BCUT2D eigenvalue weighted by Gasteiger charge is -2.32. The van der Waals surface area contributed by atoms with E-state index in [0.717, 1.165) is 32.5 Å². The molecule has 15 heavy (non-hydrogen) atoms. The van der Waals surface area contributed by atoms with Crippen molar-refractivity contribution in [2.75, 3.05) is 26.7 Å². The molecule has 0 aromatic carbocycles. The van der Waals surface area contributed by atoms with E-state index in [2.05, 4.69) is 10.2 Å². The zero-order valence-electron chi connectivity index (χ0n) is 9.72. The smallest absolute Gasteiger partial charge is 0.230 e. The van der Waals surface area contributed by atoms with Gasteiger partial charge in [-0.15, -0.1) is 0 Å². The van der Waals surface area contributed by atoms with Crippen molar-refractivity contribution in [2.24, 2.45) is 5.41 Å². The molecule has 1 aliphatic heterocycles. The number of likely N-dealkylation sites (tertiary alicyclic amines) is 1. The molecule has 0 aromatic rings. The predicted octanol–water partition coefficient (Wildman–Crippen LogP) is 1.39. The maximum atomic E-state index is 12.4. The van der Waals surface area contributed by atoms with E-state index in [9.17, 15) is 4.79 Å². The van der Waals surface area contributed by atoms with Crippen LogP contribution in [-0.2, 0) is 4.79 Å². The highest BCUT2D eigenvalue weighted by Gasteiger charge is 2.43. The summed E-state index contributed by atoms with van der Waals surface area (Å²) in [5.74, 6) is 0.423. The Morgan fingerprint density at radius 3 is 2.33 bits per heavy atom. The van der Waals surface area contributed by atoms with Gasteiger partial charge in [-0.2, -0.15) is 0 Å². The fraction of sp³-hybridized carbons (Fsp3) is 0.917. The second-order valence-electron chi connectivity index (χ2n) is 5.02.